The van der Waals surface area contributed by atoms with Gasteiger partial charge in [0, 0.05) is 22.2 Å². The molecule has 0 aliphatic heterocycles. The molecule has 3 heterocycles. The van der Waals surface area contributed by atoms with Crippen molar-refractivity contribution >= 4 is 38.5 Å². The van der Waals surface area contributed by atoms with E-state index in [9.17, 15) is 4.79 Å². The Morgan fingerprint density at radius 1 is 0.435 bits per heavy atom. The van der Waals surface area contributed by atoms with Gasteiger partial charge in [0.1, 0.15) is 11.6 Å². The van der Waals surface area contributed by atoms with Gasteiger partial charge in [0.2, 0.25) is 0 Å². The minimum absolute atomic E-state index is 0.152. The van der Waals surface area contributed by atoms with Crippen LogP contribution in [-0.4, -0.2) is 23.9 Å². The highest BCUT2D eigenvalue weighted by atomic mass is 16.1. The van der Waals surface area contributed by atoms with Crippen LogP contribution in [0.1, 0.15) is 0 Å². The number of benzene rings is 6. The third kappa shape index (κ3) is 4.12. The van der Waals surface area contributed by atoms with Gasteiger partial charge in [0.05, 0.1) is 27.5 Å². The fourth-order valence-corrected chi connectivity index (χ4v) is 6.34. The molecule has 0 unspecified atom stereocenters. The zero-order valence-corrected chi connectivity index (χ0v) is 24.6. The molecule has 6 heteroatoms. The Bertz CT molecular complexity index is 2660. The second kappa shape index (κ2) is 10.4. The van der Waals surface area contributed by atoms with Crippen LogP contribution in [0.2, 0.25) is 0 Å². The maximum Gasteiger partial charge on any atom is 0.267 e. The summed E-state index contributed by atoms with van der Waals surface area (Å²) in [6.45, 7) is 0. The van der Waals surface area contributed by atoms with E-state index in [-0.39, 0.29) is 5.56 Å². The molecule has 0 N–H and O–H groups in total. The van der Waals surface area contributed by atoms with Crippen LogP contribution >= 0.6 is 0 Å². The number of rotatable bonds is 4. The summed E-state index contributed by atoms with van der Waals surface area (Å²) in [5, 5.41) is 1.37. The van der Waals surface area contributed by atoms with Gasteiger partial charge in [-0.05, 0) is 65.7 Å². The van der Waals surface area contributed by atoms with E-state index in [1.807, 2.05) is 115 Å². The molecule has 0 saturated carbocycles. The molecule has 46 heavy (non-hydrogen) atoms. The van der Waals surface area contributed by atoms with Crippen molar-refractivity contribution in [1.29, 1.82) is 0 Å². The summed E-state index contributed by atoms with van der Waals surface area (Å²) in [7, 11) is 0. The highest BCUT2D eigenvalue weighted by molar-refractivity contribution is 5.96. The maximum atomic E-state index is 14.4. The van der Waals surface area contributed by atoms with Crippen LogP contribution in [0.3, 0.4) is 0 Å². The van der Waals surface area contributed by atoms with Crippen LogP contribution in [-0.2, 0) is 0 Å². The van der Waals surface area contributed by atoms with Crippen molar-refractivity contribution in [3.8, 4) is 39.6 Å². The minimum atomic E-state index is -0.152. The van der Waals surface area contributed by atoms with Gasteiger partial charge in [0.15, 0.2) is 5.65 Å². The standard InChI is InChI=1S/C40H25N5O/c46-40-32-25-28(22-23-34(32)42-39-31-18-7-8-19-33(31)41-37(45(39)40)26-12-3-1-4-13-26)27-14-11-15-29(24-27)38-43-35-20-9-10-21-36(35)44(38)30-16-5-2-6-17-30/h1-25H. The number of nitrogens with zero attached hydrogens (tertiary/aromatic N) is 5. The number of hydrogen-bond donors (Lipinski definition) is 0. The average Bonchev–Trinajstić information content (AvgIpc) is 3.52. The molecule has 0 spiro atoms. The predicted molar refractivity (Wildman–Crippen MR) is 185 cm³/mol. The lowest BCUT2D eigenvalue weighted by atomic mass is 10.0. The summed E-state index contributed by atoms with van der Waals surface area (Å²) < 4.78 is 3.85. The summed E-state index contributed by atoms with van der Waals surface area (Å²) in [5.41, 5.74) is 8.63. The molecule has 0 aliphatic rings. The largest absolute Gasteiger partial charge is 0.292 e. The van der Waals surface area contributed by atoms with E-state index in [1.165, 1.54) is 0 Å². The molecular weight excluding hydrogens is 566 g/mol. The van der Waals surface area contributed by atoms with Gasteiger partial charge < -0.3 is 0 Å². The summed E-state index contributed by atoms with van der Waals surface area (Å²) in [4.78, 5) is 29.4. The Morgan fingerprint density at radius 2 is 1.07 bits per heavy atom. The topological polar surface area (TPSA) is 65.1 Å². The zero-order chi connectivity index (χ0) is 30.6. The van der Waals surface area contributed by atoms with E-state index < -0.39 is 0 Å². The van der Waals surface area contributed by atoms with Crippen LogP contribution in [0, 0.1) is 0 Å². The van der Waals surface area contributed by atoms with Gasteiger partial charge in [-0.15, -0.1) is 0 Å². The summed E-state index contributed by atoms with van der Waals surface area (Å²) in [6, 6.07) is 50.3. The quantitative estimate of drug-likeness (QED) is 0.152. The van der Waals surface area contributed by atoms with E-state index in [2.05, 4.69) is 41.0 Å². The SMILES string of the molecule is O=c1c2cc(-c3cccc(-c4nc5ccccc5n4-c4ccccc4)c3)ccc2nc2c3ccccc3nc(-c3ccccc3)n12. The number of para-hydroxylation sites is 4. The van der Waals surface area contributed by atoms with Gasteiger partial charge in [-0.1, -0.05) is 97.1 Å². The number of hydrogen-bond acceptors (Lipinski definition) is 4. The Morgan fingerprint density at radius 3 is 1.91 bits per heavy atom. The number of imidazole rings is 1. The fraction of sp³-hybridized carbons (Fsp3) is 0. The van der Waals surface area contributed by atoms with Crippen LogP contribution < -0.4 is 5.56 Å². The Kier molecular flexibility index (Phi) is 5.86. The Hall–Kier alpha value is -6.40. The number of fused-ring (bicyclic) bond motifs is 5. The molecule has 6 nitrogen and oxygen atoms in total. The molecule has 0 bridgehead atoms. The first kappa shape index (κ1) is 26.0. The van der Waals surface area contributed by atoms with E-state index in [4.69, 9.17) is 15.0 Å². The van der Waals surface area contributed by atoms with Crippen LogP contribution in [0.25, 0.3) is 78.1 Å². The second-order valence-corrected chi connectivity index (χ2v) is 11.3. The highest BCUT2D eigenvalue weighted by Crippen LogP contribution is 2.32. The lowest BCUT2D eigenvalue weighted by molar-refractivity contribution is 1.05. The monoisotopic (exact) mass is 591 g/mol. The van der Waals surface area contributed by atoms with Crippen molar-refractivity contribution in [2.24, 2.45) is 0 Å². The third-order valence-electron chi connectivity index (χ3n) is 8.51. The summed E-state index contributed by atoms with van der Waals surface area (Å²) in [6.07, 6.45) is 0. The second-order valence-electron chi connectivity index (χ2n) is 11.3. The van der Waals surface area contributed by atoms with Crippen molar-refractivity contribution in [3.63, 3.8) is 0 Å². The van der Waals surface area contributed by atoms with E-state index >= 15 is 0 Å². The molecule has 216 valence electrons. The first-order chi connectivity index (χ1) is 22.7. The van der Waals surface area contributed by atoms with Crippen molar-refractivity contribution in [2.45, 2.75) is 0 Å². The minimum Gasteiger partial charge on any atom is -0.292 e. The van der Waals surface area contributed by atoms with Crippen molar-refractivity contribution < 1.29 is 0 Å². The van der Waals surface area contributed by atoms with Crippen molar-refractivity contribution in [2.75, 3.05) is 0 Å². The molecule has 0 aliphatic carbocycles. The van der Waals surface area contributed by atoms with Crippen molar-refractivity contribution in [1.82, 2.24) is 23.9 Å². The average molecular weight is 592 g/mol. The van der Waals surface area contributed by atoms with Gasteiger partial charge >= 0.3 is 0 Å². The molecule has 3 aromatic heterocycles. The van der Waals surface area contributed by atoms with Gasteiger partial charge in [-0.25, -0.2) is 19.4 Å². The smallest absolute Gasteiger partial charge is 0.267 e. The van der Waals surface area contributed by atoms with Gasteiger partial charge in [-0.2, -0.15) is 0 Å². The molecule has 9 rings (SSSR count). The molecule has 6 aromatic carbocycles. The molecule has 9 aromatic rings. The Labute approximate surface area is 263 Å². The molecule has 0 radical (unpaired) electrons. The summed E-state index contributed by atoms with van der Waals surface area (Å²) >= 11 is 0. The first-order valence-corrected chi connectivity index (χ1v) is 15.2. The lowest BCUT2D eigenvalue weighted by Crippen LogP contribution is -2.19. The molecular formula is C40H25N5O. The predicted octanol–water partition coefficient (Wildman–Crippen LogP) is 8.74. The third-order valence-corrected chi connectivity index (χ3v) is 8.51. The van der Waals surface area contributed by atoms with Crippen LogP contribution in [0.5, 0.6) is 0 Å². The first-order valence-electron chi connectivity index (χ1n) is 15.2. The van der Waals surface area contributed by atoms with Gasteiger partial charge in [0.25, 0.3) is 5.56 Å². The van der Waals surface area contributed by atoms with Crippen LogP contribution in [0.4, 0.5) is 0 Å². The van der Waals surface area contributed by atoms with E-state index in [1.54, 1.807) is 4.40 Å². The highest BCUT2D eigenvalue weighted by Gasteiger charge is 2.18. The van der Waals surface area contributed by atoms with Gasteiger partial charge in [-0.3, -0.25) is 9.36 Å². The molecule has 0 fully saturated rings. The summed E-state index contributed by atoms with van der Waals surface area (Å²) in [5.74, 6) is 1.43. The molecule has 0 amide bonds. The maximum absolute atomic E-state index is 14.4. The molecule has 0 saturated heterocycles. The van der Waals surface area contributed by atoms with E-state index in [0.29, 0.717) is 22.4 Å². The molecule has 0 atom stereocenters. The normalized spacial score (nSPS) is 11.6. The zero-order valence-electron chi connectivity index (χ0n) is 24.6. The fourth-order valence-electron chi connectivity index (χ4n) is 6.34. The lowest BCUT2D eigenvalue weighted by Gasteiger charge is -2.13. The number of aromatic nitrogens is 5. The Balaban J connectivity index is 1.24. The van der Waals surface area contributed by atoms with Crippen molar-refractivity contribution in [3.05, 3.63) is 162 Å². The van der Waals surface area contributed by atoms with E-state index in [0.717, 1.165) is 55.7 Å². The van der Waals surface area contributed by atoms with Crippen LogP contribution in [0.15, 0.2) is 156 Å².